The number of halogens is 1. The number of carbonyl (C=O) groups is 3. The average molecular weight is 1080 g/mol. The number of aliphatic hydroxyl groups is 2. The monoisotopic (exact) mass is 1080 g/mol. The first-order valence-corrected chi connectivity index (χ1v) is 23.4. The number of hydrogen-bond acceptors (Lipinski definition) is 19. The number of rotatable bonds is 16. The minimum Gasteiger partial charge on any atom is -0.504 e. The fraction of sp³-hybridized carbons (Fsp3) is 0.283. The van der Waals surface area contributed by atoms with E-state index in [1.807, 2.05) is 30.3 Å². The van der Waals surface area contributed by atoms with Gasteiger partial charge < -0.3 is 58.0 Å². The summed E-state index contributed by atoms with van der Waals surface area (Å²) in [7, 11) is 11.8. The van der Waals surface area contributed by atoms with Crippen LogP contribution in [0.5, 0.6) is 57.5 Å². The molecule has 0 unspecified atom stereocenters. The van der Waals surface area contributed by atoms with Crippen molar-refractivity contribution in [3.63, 3.8) is 0 Å². The van der Waals surface area contributed by atoms with Crippen LogP contribution in [-0.4, -0.2) is 102 Å². The number of amides is 2. The number of ketones is 1. The molecule has 0 aromatic heterocycles. The molecule has 2 aliphatic rings. The molecule has 2 amide bonds. The summed E-state index contributed by atoms with van der Waals surface area (Å²) in [5.74, 6) is 1.33. The molecule has 0 radical (unpaired) electrons. The van der Waals surface area contributed by atoms with Crippen molar-refractivity contribution in [1.82, 2.24) is 0 Å². The fourth-order valence-electron chi connectivity index (χ4n) is 7.41. The van der Waals surface area contributed by atoms with Gasteiger partial charge >= 0.3 is 29.6 Å². The molecule has 2 aliphatic heterocycles. The number of methoxy groups -OCH3 is 8. The molecule has 5 aromatic carbocycles. The summed E-state index contributed by atoms with van der Waals surface area (Å²) in [6.45, 7) is -0.464. The summed E-state index contributed by atoms with van der Waals surface area (Å²) in [4.78, 5) is 40.3. The van der Waals surface area contributed by atoms with Crippen molar-refractivity contribution in [3.8, 4) is 57.5 Å². The van der Waals surface area contributed by atoms with Gasteiger partial charge in [0.2, 0.25) is 17.3 Å². The normalized spacial score (nSPS) is 17.0. The van der Waals surface area contributed by atoms with Crippen LogP contribution in [0.2, 0.25) is 0 Å². The Morgan fingerprint density at radius 2 is 1.03 bits per heavy atom. The third kappa shape index (κ3) is 12.2. The Morgan fingerprint density at radius 1 is 0.580 bits per heavy atom. The number of ether oxygens (including phenoxy) is 9. The zero-order valence-electron chi connectivity index (χ0n) is 38.9. The van der Waals surface area contributed by atoms with Crippen LogP contribution in [0.4, 0.5) is 11.4 Å². The molecule has 5 aromatic rings. The molecule has 2 heterocycles. The van der Waals surface area contributed by atoms with E-state index in [4.69, 9.17) is 56.4 Å². The Balaban J connectivity index is 0.000000279. The Kier molecular flexibility index (Phi) is 19.5. The molecular weight excluding hydrogens is 1030 g/mol. The summed E-state index contributed by atoms with van der Waals surface area (Å²) in [6, 6.07) is 23.9. The molecule has 69 heavy (non-hydrogen) atoms. The number of nitrogens with zero attached hydrogens (tertiary/aromatic N) is 2. The van der Waals surface area contributed by atoms with Crippen molar-refractivity contribution in [2.24, 2.45) is 0 Å². The van der Waals surface area contributed by atoms with Gasteiger partial charge in [-0.05, 0) is 41.0 Å². The average Bonchev–Trinajstić information content (AvgIpc) is 3.34. The summed E-state index contributed by atoms with van der Waals surface area (Å²) in [5.41, 5.74) is 0.769. The second-order valence-electron chi connectivity index (χ2n) is 14.4. The van der Waals surface area contributed by atoms with E-state index < -0.39 is 62.0 Å². The number of anilines is 2. The van der Waals surface area contributed by atoms with Gasteiger partial charge in [0, 0.05) is 24.3 Å². The first kappa shape index (κ1) is 55.8. The molecule has 3 N–H and O–H groups in total. The van der Waals surface area contributed by atoms with E-state index in [9.17, 15) is 29.7 Å². The van der Waals surface area contributed by atoms with Gasteiger partial charge in [0.15, 0.2) is 51.6 Å². The topological polar surface area (TPSA) is 294 Å². The number of Topliss-reactive ketones (excluding diaryl/α,β-unsaturated/α-hetero) is 1. The Morgan fingerprint density at radius 3 is 1.46 bits per heavy atom. The predicted octanol–water partition coefficient (Wildman–Crippen LogP) is -5.55. The first-order valence-electron chi connectivity index (χ1n) is 19.9. The predicted molar refractivity (Wildman–Crippen MR) is 228 cm³/mol. The van der Waals surface area contributed by atoms with E-state index in [0.717, 1.165) is 5.56 Å². The summed E-state index contributed by atoms with van der Waals surface area (Å²) in [5, 5.41) is 31.1. The molecule has 3 atom stereocenters. The Bertz CT molecular complexity index is 2540. The van der Waals surface area contributed by atoms with Crippen LogP contribution in [-0.2, 0) is 21.0 Å². The quantitative estimate of drug-likeness (QED) is 0.0359. The standard InChI is InChI=1S/C27H29NO8.C19H19NO7.IO4.Na/c1-32-20-11-10-18(12-21(20)36-15-17-8-6-5-7-9-17)25-27(31,16-29)26(30)28(25)19-13-22(33-2)24(35-4)23(14-19)34-3;1-24-13-6-5-10(7-12(13)21)16-17(22)19(23)20(16)11-8-14(25-2)18(27-4)15(9-11)26-3;2-1(3,4)5;/h5-14,25,29,31H,15-16H2,1-4H3;5-9,16,21H,1-4H3;;/q;;-1;+1/t25-,27-;16-;;/m00../s1. The molecule has 0 bridgehead atoms. The fourth-order valence-corrected chi connectivity index (χ4v) is 7.41. The van der Waals surface area contributed by atoms with E-state index in [2.05, 4.69) is 0 Å². The molecule has 23 heteroatoms. The third-order valence-electron chi connectivity index (χ3n) is 10.6. The molecule has 0 aliphatic carbocycles. The maximum atomic E-state index is 13.1. The van der Waals surface area contributed by atoms with Gasteiger partial charge in [-0.15, -0.1) is 0 Å². The maximum absolute atomic E-state index is 13.1. The van der Waals surface area contributed by atoms with E-state index in [1.165, 1.54) is 78.8 Å². The Hall–Kier alpha value is -5.80. The number of β-lactam (4-membered cyclic amide) rings is 2. The molecule has 21 nitrogen and oxygen atoms in total. The smallest absolute Gasteiger partial charge is 0.504 e. The van der Waals surface area contributed by atoms with Crippen molar-refractivity contribution >= 4 is 29.0 Å². The minimum atomic E-state index is -5.94. The van der Waals surface area contributed by atoms with Crippen LogP contribution in [0.3, 0.4) is 0 Å². The number of aromatic hydroxyl groups is 1. The molecule has 0 saturated carbocycles. The second kappa shape index (κ2) is 24.2. The van der Waals surface area contributed by atoms with Crippen LogP contribution in [0.25, 0.3) is 0 Å². The number of aliphatic hydroxyl groups excluding tert-OH is 1. The number of benzene rings is 5. The molecule has 2 saturated heterocycles. The molecule has 7 rings (SSSR count). The van der Waals surface area contributed by atoms with Crippen molar-refractivity contribution < 1.29 is 136 Å². The zero-order chi connectivity index (χ0) is 50.1. The summed E-state index contributed by atoms with van der Waals surface area (Å²) in [6.07, 6.45) is 0. The van der Waals surface area contributed by atoms with E-state index >= 15 is 0 Å². The van der Waals surface area contributed by atoms with Gasteiger partial charge in [0.05, 0.1) is 74.9 Å². The number of phenolic OH excluding ortho intramolecular Hbond substituents is 1. The van der Waals surface area contributed by atoms with Crippen LogP contribution in [0, 0.1) is 0 Å². The molecule has 0 spiro atoms. The van der Waals surface area contributed by atoms with Gasteiger partial charge in [-0.2, -0.15) is 0 Å². The molecular formula is C46H48IN2NaO19. The van der Waals surface area contributed by atoms with Crippen LogP contribution < -0.4 is 116 Å². The summed E-state index contributed by atoms with van der Waals surface area (Å²) >= 11 is -5.94. The zero-order valence-corrected chi connectivity index (χ0v) is 43.0. The first-order chi connectivity index (χ1) is 32.4. The van der Waals surface area contributed by atoms with Gasteiger partial charge in [-0.25, -0.2) is 0 Å². The van der Waals surface area contributed by atoms with E-state index in [0.29, 0.717) is 75.1 Å². The van der Waals surface area contributed by atoms with Crippen LogP contribution >= 0.6 is 0 Å². The SMILES string of the molecule is COc1ccc([C@@H]2N(c3cc(OC)c(OC)c(OC)c3)C(=O)[C@]2(O)CO)cc1OCc1ccccc1.COc1ccc([C@H]2C(=O)C(=O)N2c2cc(OC)c(OC)c(OC)c2)cc1O.[Na+].[O-][I+3]([O-])([O-])[O-]. The molecule has 364 valence electrons. The van der Waals surface area contributed by atoms with Gasteiger partial charge in [0.25, 0.3) is 11.8 Å². The minimum absolute atomic E-state index is 0. The maximum Gasteiger partial charge on any atom is 1.00 e. The molecule has 2 fully saturated rings. The van der Waals surface area contributed by atoms with Gasteiger partial charge in [-0.1, -0.05) is 42.5 Å². The van der Waals surface area contributed by atoms with Crippen LogP contribution in [0.15, 0.2) is 91.0 Å². The summed E-state index contributed by atoms with van der Waals surface area (Å²) < 4.78 is 83.1. The number of hydrogen-bond donors (Lipinski definition) is 3. The number of carbonyl (C=O) groups excluding carboxylic acids is 3. The van der Waals surface area contributed by atoms with Gasteiger partial charge in [-0.3, -0.25) is 37.9 Å². The van der Waals surface area contributed by atoms with E-state index in [1.54, 1.807) is 48.5 Å². The second-order valence-corrected chi connectivity index (χ2v) is 16.5. The van der Waals surface area contributed by atoms with Crippen molar-refractivity contribution in [3.05, 3.63) is 108 Å². The number of phenols is 1. The van der Waals surface area contributed by atoms with Crippen molar-refractivity contribution in [2.45, 2.75) is 24.3 Å². The van der Waals surface area contributed by atoms with Gasteiger partial charge in [0.1, 0.15) is 38.8 Å². The third-order valence-corrected chi connectivity index (χ3v) is 10.6. The van der Waals surface area contributed by atoms with E-state index in [-0.39, 0.29) is 41.1 Å². The van der Waals surface area contributed by atoms with Crippen molar-refractivity contribution in [2.75, 3.05) is 73.3 Å². The Labute approximate surface area is 424 Å². The van der Waals surface area contributed by atoms with Crippen LogP contribution in [0.1, 0.15) is 28.8 Å². The largest absolute Gasteiger partial charge is 1.00 e. The van der Waals surface area contributed by atoms with Crippen molar-refractivity contribution in [1.29, 1.82) is 0 Å².